The van der Waals surface area contributed by atoms with E-state index in [2.05, 4.69) is 0 Å². The molecule has 0 atom stereocenters. The molecule has 2 aliphatic rings. The Hall–Kier alpha value is -2.38. The zero-order valence-electron chi connectivity index (χ0n) is 17.0. The van der Waals surface area contributed by atoms with Gasteiger partial charge in [-0.3, -0.25) is 9.59 Å². The number of hydrogen-bond acceptors (Lipinski definition) is 5. The second kappa shape index (κ2) is 9.62. The number of aliphatic hydroxyl groups is 1. The molecule has 1 saturated heterocycles. The van der Waals surface area contributed by atoms with Crippen LogP contribution in [0.2, 0.25) is 0 Å². The highest BCUT2D eigenvalue weighted by molar-refractivity contribution is 7.09. The van der Waals surface area contributed by atoms with Crippen LogP contribution in [0.3, 0.4) is 0 Å². The third-order valence-electron chi connectivity index (χ3n) is 5.67. The quantitative estimate of drug-likeness (QED) is 0.701. The number of carbonyl (C=O) groups excluding carboxylic acids is 2. The number of rotatable bonds is 8. The Morgan fingerprint density at radius 1 is 1.10 bits per heavy atom. The van der Waals surface area contributed by atoms with E-state index in [1.54, 1.807) is 28.4 Å². The van der Waals surface area contributed by atoms with Crippen molar-refractivity contribution in [1.82, 2.24) is 9.80 Å². The first-order valence-electron chi connectivity index (χ1n) is 10.6. The minimum atomic E-state index is -0.101. The average Bonchev–Trinajstić information content (AvgIpc) is 3.50. The van der Waals surface area contributed by atoms with Gasteiger partial charge in [0.1, 0.15) is 11.9 Å². The topological polar surface area (TPSA) is 70.1 Å². The summed E-state index contributed by atoms with van der Waals surface area (Å²) in [5, 5.41) is 11.3. The van der Waals surface area contributed by atoms with E-state index in [1.807, 2.05) is 34.5 Å². The molecule has 2 fully saturated rings. The number of piperidine rings is 1. The molecule has 1 aliphatic heterocycles. The fourth-order valence-corrected chi connectivity index (χ4v) is 4.52. The number of likely N-dealkylation sites (tertiary alicyclic amines) is 1. The van der Waals surface area contributed by atoms with Crippen LogP contribution in [0.15, 0.2) is 41.8 Å². The monoisotopic (exact) mass is 428 g/mol. The number of thiophene rings is 1. The highest BCUT2D eigenvalue weighted by atomic mass is 32.1. The number of hydrogen-bond donors (Lipinski definition) is 1. The molecule has 0 radical (unpaired) electrons. The minimum absolute atomic E-state index is 0.0692. The molecule has 160 valence electrons. The van der Waals surface area contributed by atoms with E-state index in [0.29, 0.717) is 24.6 Å². The second-order valence-electron chi connectivity index (χ2n) is 7.97. The summed E-state index contributed by atoms with van der Waals surface area (Å²) in [4.78, 5) is 29.7. The normalized spacial score (nSPS) is 17.0. The summed E-state index contributed by atoms with van der Waals surface area (Å²) < 4.78 is 6.09. The molecule has 1 aliphatic carbocycles. The van der Waals surface area contributed by atoms with Crippen molar-refractivity contribution in [2.24, 2.45) is 5.92 Å². The molecule has 30 heavy (non-hydrogen) atoms. The van der Waals surface area contributed by atoms with Crippen LogP contribution >= 0.6 is 11.3 Å². The van der Waals surface area contributed by atoms with E-state index in [9.17, 15) is 14.7 Å². The van der Waals surface area contributed by atoms with Crippen LogP contribution in [0, 0.1) is 5.92 Å². The standard InChI is InChI=1S/C23H28N2O4S/c26-14-13-25(16-21-2-1-15-30-21)23(28)18-5-7-19(8-6-18)29-20-9-11-24(12-10-20)22(27)17-3-4-17/h1-2,5-8,15,17,20,26H,3-4,9-14,16H2. The van der Waals surface area contributed by atoms with Gasteiger partial charge >= 0.3 is 0 Å². The van der Waals surface area contributed by atoms with Crippen LogP contribution < -0.4 is 4.74 Å². The molecule has 4 rings (SSSR count). The first-order chi connectivity index (χ1) is 14.6. The lowest BCUT2D eigenvalue weighted by atomic mass is 10.1. The maximum absolute atomic E-state index is 12.9. The van der Waals surface area contributed by atoms with E-state index >= 15 is 0 Å². The molecule has 0 spiro atoms. The fraction of sp³-hybridized carbons (Fsp3) is 0.478. The predicted octanol–water partition coefficient (Wildman–Crippen LogP) is 3.16. The van der Waals surface area contributed by atoms with Crippen molar-refractivity contribution in [2.45, 2.75) is 38.3 Å². The Morgan fingerprint density at radius 3 is 2.43 bits per heavy atom. The Labute approximate surface area is 181 Å². The van der Waals surface area contributed by atoms with Gasteiger partial charge < -0.3 is 19.6 Å². The van der Waals surface area contributed by atoms with Crippen LogP contribution in [-0.4, -0.2) is 59.1 Å². The number of nitrogens with zero attached hydrogens (tertiary/aromatic N) is 2. The molecule has 1 aromatic heterocycles. The van der Waals surface area contributed by atoms with Gasteiger partial charge in [0, 0.05) is 48.8 Å². The molecule has 1 saturated carbocycles. The number of ether oxygens (including phenoxy) is 1. The molecule has 0 unspecified atom stereocenters. The second-order valence-corrected chi connectivity index (χ2v) is 9.00. The minimum Gasteiger partial charge on any atom is -0.490 e. The number of amides is 2. The highest BCUT2D eigenvalue weighted by Crippen LogP contribution is 2.32. The zero-order chi connectivity index (χ0) is 20.9. The van der Waals surface area contributed by atoms with E-state index in [0.717, 1.165) is 49.4 Å². The van der Waals surface area contributed by atoms with Gasteiger partial charge in [-0.15, -0.1) is 11.3 Å². The van der Waals surface area contributed by atoms with Gasteiger partial charge in [-0.2, -0.15) is 0 Å². The van der Waals surface area contributed by atoms with Gasteiger partial charge in [0.25, 0.3) is 5.91 Å². The van der Waals surface area contributed by atoms with Crippen molar-refractivity contribution >= 4 is 23.2 Å². The number of benzene rings is 1. The van der Waals surface area contributed by atoms with E-state index < -0.39 is 0 Å². The maximum Gasteiger partial charge on any atom is 0.254 e. The third kappa shape index (κ3) is 5.21. The summed E-state index contributed by atoms with van der Waals surface area (Å²) in [6.07, 6.45) is 3.86. The maximum atomic E-state index is 12.9. The molecule has 1 aromatic carbocycles. The van der Waals surface area contributed by atoms with Gasteiger partial charge in [-0.1, -0.05) is 6.07 Å². The van der Waals surface area contributed by atoms with Crippen LogP contribution in [0.1, 0.15) is 40.9 Å². The Morgan fingerprint density at radius 2 is 1.83 bits per heavy atom. The average molecular weight is 429 g/mol. The fourth-order valence-electron chi connectivity index (χ4n) is 3.80. The van der Waals surface area contributed by atoms with Crippen LogP contribution in [0.4, 0.5) is 0 Å². The van der Waals surface area contributed by atoms with Gasteiger partial charge in [-0.25, -0.2) is 0 Å². The van der Waals surface area contributed by atoms with Gasteiger partial charge in [0.15, 0.2) is 0 Å². The summed E-state index contributed by atoms with van der Waals surface area (Å²) in [5.41, 5.74) is 0.581. The smallest absolute Gasteiger partial charge is 0.254 e. The van der Waals surface area contributed by atoms with Crippen molar-refractivity contribution < 1.29 is 19.4 Å². The molecule has 0 bridgehead atoms. The van der Waals surface area contributed by atoms with E-state index in [-0.39, 0.29) is 24.5 Å². The summed E-state index contributed by atoms with van der Waals surface area (Å²) >= 11 is 1.60. The molecule has 2 aromatic rings. The Balaban J connectivity index is 1.30. The predicted molar refractivity (Wildman–Crippen MR) is 116 cm³/mol. The molecule has 6 nitrogen and oxygen atoms in total. The molecular formula is C23H28N2O4S. The van der Waals surface area contributed by atoms with Crippen molar-refractivity contribution in [3.05, 3.63) is 52.2 Å². The zero-order valence-corrected chi connectivity index (χ0v) is 17.9. The SMILES string of the molecule is O=C(c1ccc(OC2CCN(C(=O)C3CC3)CC2)cc1)N(CCO)Cc1cccs1. The summed E-state index contributed by atoms with van der Waals surface area (Å²) in [6.45, 7) is 2.24. The molecule has 7 heteroatoms. The lowest BCUT2D eigenvalue weighted by Gasteiger charge is -2.32. The van der Waals surface area contributed by atoms with Crippen molar-refractivity contribution in [3.8, 4) is 5.75 Å². The first kappa shape index (κ1) is 20.9. The first-order valence-corrected chi connectivity index (χ1v) is 11.5. The van der Waals surface area contributed by atoms with Crippen molar-refractivity contribution in [1.29, 1.82) is 0 Å². The van der Waals surface area contributed by atoms with Gasteiger partial charge in [0.05, 0.1) is 13.2 Å². The summed E-state index contributed by atoms with van der Waals surface area (Å²) in [5.74, 6) is 1.23. The lowest BCUT2D eigenvalue weighted by molar-refractivity contribution is -0.134. The molecule has 2 heterocycles. The van der Waals surface area contributed by atoms with Gasteiger partial charge in [0.2, 0.25) is 5.91 Å². The molecule has 1 N–H and O–H groups in total. The Bertz CT molecular complexity index is 841. The summed E-state index contributed by atoms with van der Waals surface area (Å²) in [6, 6.07) is 11.2. The van der Waals surface area contributed by atoms with Crippen LogP contribution in [0.5, 0.6) is 5.75 Å². The van der Waals surface area contributed by atoms with Crippen molar-refractivity contribution in [2.75, 3.05) is 26.2 Å². The van der Waals surface area contributed by atoms with E-state index in [4.69, 9.17) is 4.74 Å². The van der Waals surface area contributed by atoms with Crippen LogP contribution in [-0.2, 0) is 11.3 Å². The highest BCUT2D eigenvalue weighted by Gasteiger charge is 2.35. The van der Waals surface area contributed by atoms with E-state index in [1.165, 1.54) is 0 Å². The number of aliphatic hydroxyl groups excluding tert-OH is 1. The number of carbonyl (C=O) groups is 2. The van der Waals surface area contributed by atoms with Crippen molar-refractivity contribution in [3.63, 3.8) is 0 Å². The largest absolute Gasteiger partial charge is 0.490 e. The Kier molecular flexibility index (Phi) is 6.69. The summed E-state index contributed by atoms with van der Waals surface area (Å²) in [7, 11) is 0. The molecule has 2 amide bonds. The third-order valence-corrected chi connectivity index (χ3v) is 6.53. The lowest BCUT2D eigenvalue weighted by Crippen LogP contribution is -2.42. The molecular weight excluding hydrogens is 400 g/mol. The van der Waals surface area contributed by atoms with Gasteiger partial charge in [-0.05, 0) is 48.6 Å². The van der Waals surface area contributed by atoms with Crippen LogP contribution in [0.25, 0.3) is 0 Å².